The van der Waals surface area contributed by atoms with Crippen LogP contribution in [0.4, 0.5) is 5.69 Å². The second-order valence-corrected chi connectivity index (χ2v) is 10.7. The molecule has 0 saturated heterocycles. The minimum Gasteiger partial charge on any atom is -0.505 e. The molecule has 3 N–H and O–H groups in total. The fourth-order valence-electron chi connectivity index (χ4n) is 3.16. The zero-order valence-electron chi connectivity index (χ0n) is 19.6. The number of nitrogens with one attached hydrogen (secondary N) is 1. The van der Waals surface area contributed by atoms with Gasteiger partial charge in [-0.05, 0) is 56.2 Å². The fraction of sp³-hybridized carbons (Fsp3) is 0.200. The quantitative estimate of drug-likeness (QED) is 0.346. The average Bonchev–Trinajstić information content (AvgIpc) is 2.78. The third-order valence-corrected chi connectivity index (χ3v) is 6.33. The first-order valence-corrected chi connectivity index (χ1v) is 12.5. The molecule has 0 amide bonds. The molecule has 0 spiro atoms. The molecular formula is C25H24ClNO8S. The Labute approximate surface area is 213 Å². The molecule has 9 nitrogen and oxygen atoms in total. The second-order valence-electron chi connectivity index (χ2n) is 8.67. The Morgan fingerprint density at radius 3 is 2.28 bits per heavy atom. The smallest absolute Gasteiger partial charge is 0.344 e. The second kappa shape index (κ2) is 10.5. The first kappa shape index (κ1) is 26.8. The number of carbonyl (C=O) groups excluding carboxylic acids is 1. The lowest BCUT2D eigenvalue weighted by Gasteiger charge is -2.20. The lowest BCUT2D eigenvalue weighted by atomic mass is 10.1. The van der Waals surface area contributed by atoms with Crippen molar-refractivity contribution in [3.05, 3.63) is 71.2 Å². The summed E-state index contributed by atoms with van der Waals surface area (Å²) in [6, 6.07) is 15.4. The monoisotopic (exact) mass is 533 g/mol. The van der Waals surface area contributed by atoms with Gasteiger partial charge in [0.15, 0.2) is 12.4 Å². The molecule has 0 atom stereocenters. The Bertz CT molecular complexity index is 1400. The number of ether oxygens (including phenoxy) is 2. The van der Waals surface area contributed by atoms with Crippen LogP contribution < -0.4 is 9.46 Å². The van der Waals surface area contributed by atoms with Crippen molar-refractivity contribution in [2.75, 3.05) is 11.3 Å². The predicted octanol–water partition coefficient (Wildman–Crippen LogP) is 4.93. The number of hydrogen-bond donors (Lipinski definition) is 3. The molecule has 190 valence electrons. The summed E-state index contributed by atoms with van der Waals surface area (Å²) in [7, 11) is -4.56. The van der Waals surface area contributed by atoms with Crippen molar-refractivity contribution < 1.29 is 37.7 Å². The van der Waals surface area contributed by atoms with Gasteiger partial charge in [0, 0.05) is 0 Å². The number of esters is 1. The number of halogens is 1. The molecule has 0 saturated carbocycles. The number of aromatic carboxylic acids is 1. The number of aromatic hydroxyl groups is 1. The van der Waals surface area contributed by atoms with E-state index in [1.807, 2.05) is 30.3 Å². The predicted molar refractivity (Wildman–Crippen MR) is 134 cm³/mol. The van der Waals surface area contributed by atoms with Gasteiger partial charge in [-0.2, -0.15) is 0 Å². The van der Waals surface area contributed by atoms with Gasteiger partial charge in [-0.15, -0.1) is 0 Å². The highest BCUT2D eigenvalue weighted by molar-refractivity contribution is 7.92. The van der Waals surface area contributed by atoms with Crippen LogP contribution in [0, 0.1) is 0 Å². The van der Waals surface area contributed by atoms with Crippen LogP contribution in [0.25, 0.3) is 11.1 Å². The minimum atomic E-state index is -4.56. The highest BCUT2D eigenvalue weighted by atomic mass is 35.5. The van der Waals surface area contributed by atoms with E-state index in [0.29, 0.717) is 5.56 Å². The number of carboxylic acids is 1. The lowest BCUT2D eigenvalue weighted by Crippen LogP contribution is -2.27. The summed E-state index contributed by atoms with van der Waals surface area (Å²) < 4.78 is 39.5. The molecular weight excluding hydrogens is 510 g/mol. The minimum absolute atomic E-state index is 0.00379. The van der Waals surface area contributed by atoms with Crippen molar-refractivity contribution >= 4 is 39.3 Å². The molecule has 0 fully saturated rings. The molecule has 3 aromatic carbocycles. The Morgan fingerprint density at radius 1 is 1.00 bits per heavy atom. The number of sulfonamides is 1. The topological polar surface area (TPSA) is 139 Å². The molecule has 0 aliphatic rings. The normalized spacial score (nSPS) is 11.6. The molecule has 0 aliphatic heterocycles. The number of carboxylic acid groups (broad SMARTS) is 1. The number of anilines is 1. The van der Waals surface area contributed by atoms with Crippen molar-refractivity contribution in [1.82, 2.24) is 0 Å². The van der Waals surface area contributed by atoms with Gasteiger partial charge in [-0.1, -0.05) is 48.0 Å². The SMILES string of the molecule is CC(C)(C)OC(=O)COc1ccc(-c2ccccc2)cc1NS(=O)(=O)c1cc(C(=O)O)cc(Cl)c1O. The maximum absolute atomic E-state index is 13.2. The van der Waals surface area contributed by atoms with E-state index >= 15 is 0 Å². The van der Waals surface area contributed by atoms with Crippen LogP contribution in [0.15, 0.2) is 65.6 Å². The van der Waals surface area contributed by atoms with Gasteiger partial charge in [0.2, 0.25) is 0 Å². The molecule has 0 unspecified atom stereocenters. The molecule has 3 rings (SSSR count). The maximum Gasteiger partial charge on any atom is 0.344 e. The number of carbonyl (C=O) groups is 2. The summed E-state index contributed by atoms with van der Waals surface area (Å²) >= 11 is 5.86. The van der Waals surface area contributed by atoms with Crippen LogP contribution >= 0.6 is 11.6 Å². The Kier molecular flexibility index (Phi) is 7.80. The molecule has 36 heavy (non-hydrogen) atoms. The Balaban J connectivity index is 2.03. The Hall–Kier alpha value is -3.76. The molecule has 0 bridgehead atoms. The van der Waals surface area contributed by atoms with Gasteiger partial charge in [-0.25, -0.2) is 18.0 Å². The third-order valence-electron chi connectivity index (χ3n) is 4.66. The number of rotatable bonds is 8. The van der Waals surface area contributed by atoms with Crippen LogP contribution in [0.2, 0.25) is 5.02 Å². The van der Waals surface area contributed by atoms with E-state index in [0.717, 1.165) is 17.7 Å². The summed E-state index contributed by atoms with van der Waals surface area (Å²) in [5.41, 5.74) is 0.164. The van der Waals surface area contributed by atoms with E-state index in [1.54, 1.807) is 26.8 Å². The number of phenolic OH excluding ortho intramolecular Hbond substituents is 1. The van der Waals surface area contributed by atoms with Gasteiger partial charge < -0.3 is 19.7 Å². The highest BCUT2D eigenvalue weighted by Crippen LogP contribution is 2.36. The van der Waals surface area contributed by atoms with E-state index in [2.05, 4.69) is 4.72 Å². The molecule has 0 aromatic heterocycles. The summed E-state index contributed by atoms with van der Waals surface area (Å²) in [6.45, 7) is 4.59. The van der Waals surface area contributed by atoms with E-state index in [4.69, 9.17) is 21.1 Å². The molecule has 11 heteroatoms. The van der Waals surface area contributed by atoms with E-state index in [-0.39, 0.29) is 11.4 Å². The van der Waals surface area contributed by atoms with E-state index in [9.17, 15) is 28.2 Å². The number of hydrogen-bond acceptors (Lipinski definition) is 7. The average molecular weight is 534 g/mol. The van der Waals surface area contributed by atoms with E-state index in [1.165, 1.54) is 12.1 Å². The van der Waals surface area contributed by atoms with Gasteiger partial charge in [0.05, 0.1) is 16.3 Å². The van der Waals surface area contributed by atoms with Crippen LogP contribution in [-0.2, 0) is 19.6 Å². The fourth-order valence-corrected chi connectivity index (χ4v) is 4.64. The van der Waals surface area contributed by atoms with Gasteiger partial charge >= 0.3 is 11.9 Å². The van der Waals surface area contributed by atoms with Crippen LogP contribution in [0.3, 0.4) is 0 Å². The lowest BCUT2D eigenvalue weighted by molar-refractivity contribution is -0.157. The first-order valence-electron chi connectivity index (χ1n) is 10.6. The summed E-state index contributed by atoms with van der Waals surface area (Å²) in [5.74, 6) is -2.91. The van der Waals surface area contributed by atoms with Gasteiger partial charge in [0.25, 0.3) is 10.0 Å². The molecule has 0 radical (unpaired) electrons. The first-order chi connectivity index (χ1) is 16.8. The largest absolute Gasteiger partial charge is 0.505 e. The summed E-state index contributed by atoms with van der Waals surface area (Å²) in [4.78, 5) is 22.8. The van der Waals surface area contributed by atoms with Gasteiger partial charge in [-0.3, -0.25) is 4.72 Å². The van der Waals surface area contributed by atoms with Crippen LogP contribution in [-0.4, -0.2) is 42.8 Å². The summed E-state index contributed by atoms with van der Waals surface area (Å²) in [6.07, 6.45) is 0. The van der Waals surface area contributed by atoms with Crippen molar-refractivity contribution in [2.24, 2.45) is 0 Å². The van der Waals surface area contributed by atoms with Crippen molar-refractivity contribution in [1.29, 1.82) is 0 Å². The van der Waals surface area contributed by atoms with Crippen molar-refractivity contribution in [2.45, 2.75) is 31.3 Å². The third kappa shape index (κ3) is 6.67. The molecule has 0 aliphatic carbocycles. The Morgan fingerprint density at radius 2 is 1.67 bits per heavy atom. The van der Waals surface area contributed by atoms with Crippen LogP contribution in [0.5, 0.6) is 11.5 Å². The standard InChI is InChI=1S/C25H24ClNO8S/c1-25(2,3)35-22(28)14-34-20-10-9-16(15-7-5-4-6-8-15)12-19(20)27-36(32,33)21-13-17(24(30)31)11-18(26)23(21)29/h4-13,27,29H,14H2,1-3H3,(H,30,31). The summed E-state index contributed by atoms with van der Waals surface area (Å²) in [5, 5.41) is 19.1. The van der Waals surface area contributed by atoms with Gasteiger partial charge in [0.1, 0.15) is 16.2 Å². The molecule has 3 aromatic rings. The number of phenols is 1. The highest BCUT2D eigenvalue weighted by Gasteiger charge is 2.25. The zero-order valence-corrected chi connectivity index (χ0v) is 21.2. The van der Waals surface area contributed by atoms with Crippen molar-refractivity contribution in [3.8, 4) is 22.6 Å². The zero-order chi connectivity index (χ0) is 26.7. The van der Waals surface area contributed by atoms with Crippen molar-refractivity contribution in [3.63, 3.8) is 0 Å². The molecule has 0 heterocycles. The number of benzene rings is 3. The maximum atomic E-state index is 13.2. The van der Waals surface area contributed by atoms with E-state index < -0.39 is 55.4 Å². The van der Waals surface area contributed by atoms with Crippen LogP contribution in [0.1, 0.15) is 31.1 Å².